The van der Waals surface area contributed by atoms with Crippen LogP contribution in [0.4, 0.5) is 0 Å². The molecule has 1 aliphatic heterocycles. The number of hydrogen-bond acceptors (Lipinski definition) is 2. The Balaban J connectivity index is 1.53. The minimum atomic E-state index is 0.0265. The molecule has 0 spiro atoms. The third-order valence-electron chi connectivity index (χ3n) is 5.24. The molecule has 6 heteroatoms. The maximum Gasteiger partial charge on any atom is 0.270 e. The molecular weight excluding hydrogens is 333 g/mol. The lowest BCUT2D eigenvalue weighted by molar-refractivity contribution is 0.0597. The lowest BCUT2D eigenvalue weighted by Crippen LogP contribution is -2.50. The van der Waals surface area contributed by atoms with Gasteiger partial charge in [-0.15, -0.1) is 0 Å². The molecule has 1 aromatic rings. The predicted octanol–water partition coefficient (Wildman–Crippen LogP) is 3.67. The molecule has 0 radical (unpaired) electrons. The summed E-state index contributed by atoms with van der Waals surface area (Å²) in [6, 6.07) is 1.67. The van der Waals surface area contributed by atoms with Crippen LogP contribution >= 0.6 is 23.2 Å². The number of aromatic nitrogens is 1. The molecule has 1 amide bonds. The van der Waals surface area contributed by atoms with E-state index in [9.17, 15) is 4.79 Å². The molecule has 2 aliphatic rings. The Morgan fingerprint density at radius 1 is 1.13 bits per heavy atom. The molecule has 3 rings (SSSR count). The topological polar surface area (TPSA) is 28.5 Å². The number of halogens is 2. The third-order valence-corrected chi connectivity index (χ3v) is 6.08. The Hall–Kier alpha value is -0.710. The fraction of sp³-hybridized carbons (Fsp3) is 0.706. The van der Waals surface area contributed by atoms with Crippen molar-refractivity contribution in [2.45, 2.75) is 32.1 Å². The minimum Gasteiger partial charge on any atom is -0.335 e. The van der Waals surface area contributed by atoms with Crippen LogP contribution in [0.25, 0.3) is 0 Å². The second-order valence-electron chi connectivity index (χ2n) is 6.82. The van der Waals surface area contributed by atoms with Crippen LogP contribution < -0.4 is 0 Å². The first-order chi connectivity index (χ1) is 11.1. The van der Waals surface area contributed by atoms with Crippen molar-refractivity contribution < 1.29 is 4.79 Å². The van der Waals surface area contributed by atoms with Crippen LogP contribution in [0, 0.1) is 5.92 Å². The summed E-state index contributed by atoms with van der Waals surface area (Å²) in [6.45, 7) is 4.70. The quantitative estimate of drug-likeness (QED) is 0.825. The van der Waals surface area contributed by atoms with Crippen LogP contribution in [-0.4, -0.2) is 53.0 Å². The van der Waals surface area contributed by atoms with Crippen LogP contribution in [0.15, 0.2) is 6.07 Å². The Morgan fingerprint density at radius 3 is 2.35 bits per heavy atom. The molecule has 1 aliphatic carbocycles. The van der Waals surface area contributed by atoms with Gasteiger partial charge in [0.05, 0.1) is 5.02 Å². The molecule has 0 N–H and O–H groups in total. The molecule has 128 valence electrons. The molecule has 1 saturated carbocycles. The monoisotopic (exact) mass is 357 g/mol. The highest BCUT2D eigenvalue weighted by Crippen LogP contribution is 2.27. The first-order valence-corrected chi connectivity index (χ1v) is 9.34. The van der Waals surface area contributed by atoms with Crippen molar-refractivity contribution in [1.82, 2.24) is 14.4 Å². The van der Waals surface area contributed by atoms with Gasteiger partial charge in [0, 0.05) is 39.8 Å². The van der Waals surface area contributed by atoms with E-state index in [0.717, 1.165) is 32.1 Å². The number of hydrogen-bond donors (Lipinski definition) is 0. The molecule has 2 fully saturated rings. The molecule has 1 saturated heterocycles. The SMILES string of the molecule is Cn1c(C(=O)N2CCN(CC3CCCCC3)CC2)cc(Cl)c1Cl. The normalized spacial score (nSPS) is 20.9. The predicted molar refractivity (Wildman–Crippen MR) is 94.4 cm³/mol. The Labute approximate surface area is 148 Å². The fourth-order valence-electron chi connectivity index (χ4n) is 3.78. The Bertz CT molecular complexity index is 558. The van der Waals surface area contributed by atoms with E-state index >= 15 is 0 Å². The highest BCUT2D eigenvalue weighted by molar-refractivity contribution is 6.41. The maximum atomic E-state index is 12.7. The minimum absolute atomic E-state index is 0.0265. The smallest absolute Gasteiger partial charge is 0.270 e. The molecule has 1 aromatic heterocycles. The van der Waals surface area contributed by atoms with Crippen LogP contribution in [-0.2, 0) is 7.05 Å². The van der Waals surface area contributed by atoms with Crippen molar-refractivity contribution in [3.63, 3.8) is 0 Å². The number of piperazine rings is 1. The van der Waals surface area contributed by atoms with E-state index < -0.39 is 0 Å². The molecule has 0 unspecified atom stereocenters. The summed E-state index contributed by atoms with van der Waals surface area (Å²) in [5, 5.41) is 0.861. The summed E-state index contributed by atoms with van der Waals surface area (Å²) in [6.07, 6.45) is 6.93. The number of amides is 1. The average Bonchev–Trinajstić information content (AvgIpc) is 2.83. The van der Waals surface area contributed by atoms with Crippen LogP contribution in [0.3, 0.4) is 0 Å². The van der Waals surface area contributed by atoms with Crippen LogP contribution in [0.5, 0.6) is 0 Å². The van der Waals surface area contributed by atoms with E-state index in [-0.39, 0.29) is 5.91 Å². The molecule has 0 atom stereocenters. The van der Waals surface area contributed by atoms with Gasteiger partial charge in [0.15, 0.2) is 0 Å². The van der Waals surface area contributed by atoms with E-state index in [4.69, 9.17) is 23.2 Å². The van der Waals surface area contributed by atoms with Crippen LogP contribution in [0.2, 0.25) is 10.2 Å². The molecule has 2 heterocycles. The van der Waals surface area contributed by atoms with Crippen LogP contribution in [0.1, 0.15) is 42.6 Å². The van der Waals surface area contributed by atoms with E-state index in [0.29, 0.717) is 15.9 Å². The second-order valence-corrected chi connectivity index (χ2v) is 7.59. The zero-order chi connectivity index (χ0) is 16.4. The first kappa shape index (κ1) is 17.1. The van der Waals surface area contributed by atoms with Gasteiger partial charge in [-0.3, -0.25) is 9.69 Å². The van der Waals surface area contributed by atoms with E-state index in [1.807, 2.05) is 4.90 Å². The summed E-state index contributed by atoms with van der Waals surface area (Å²) in [5.41, 5.74) is 0.570. The first-order valence-electron chi connectivity index (χ1n) is 8.58. The van der Waals surface area contributed by atoms with E-state index in [1.165, 1.54) is 38.6 Å². The van der Waals surface area contributed by atoms with Gasteiger partial charge in [0.25, 0.3) is 5.91 Å². The standard InChI is InChI=1S/C17H25Cl2N3O/c1-20-15(11-14(18)16(20)19)17(23)22-9-7-21(8-10-22)12-13-5-3-2-4-6-13/h11,13H,2-10,12H2,1H3. The third kappa shape index (κ3) is 3.86. The van der Waals surface area contributed by atoms with Gasteiger partial charge in [-0.1, -0.05) is 42.5 Å². The number of carbonyl (C=O) groups is 1. The average molecular weight is 358 g/mol. The zero-order valence-electron chi connectivity index (χ0n) is 13.7. The van der Waals surface area contributed by atoms with Gasteiger partial charge in [-0.25, -0.2) is 0 Å². The molecular formula is C17H25Cl2N3O. The fourth-order valence-corrected chi connectivity index (χ4v) is 4.15. The van der Waals surface area contributed by atoms with Gasteiger partial charge >= 0.3 is 0 Å². The Kier molecular flexibility index (Phi) is 5.55. The molecule has 0 bridgehead atoms. The van der Waals surface area contributed by atoms with Gasteiger partial charge in [0.2, 0.25) is 0 Å². The van der Waals surface area contributed by atoms with Gasteiger partial charge < -0.3 is 9.47 Å². The number of rotatable bonds is 3. The maximum absolute atomic E-state index is 12.7. The highest BCUT2D eigenvalue weighted by atomic mass is 35.5. The highest BCUT2D eigenvalue weighted by Gasteiger charge is 2.26. The molecule has 0 aromatic carbocycles. The van der Waals surface area contributed by atoms with Gasteiger partial charge in [-0.2, -0.15) is 0 Å². The molecule has 23 heavy (non-hydrogen) atoms. The van der Waals surface area contributed by atoms with E-state index in [1.54, 1.807) is 17.7 Å². The van der Waals surface area contributed by atoms with Gasteiger partial charge in [-0.05, 0) is 24.8 Å². The van der Waals surface area contributed by atoms with E-state index in [2.05, 4.69) is 4.90 Å². The summed E-state index contributed by atoms with van der Waals surface area (Å²) in [4.78, 5) is 17.1. The molecule has 4 nitrogen and oxygen atoms in total. The lowest BCUT2D eigenvalue weighted by atomic mass is 9.89. The van der Waals surface area contributed by atoms with Crippen molar-refractivity contribution >= 4 is 29.1 Å². The summed E-state index contributed by atoms with van der Waals surface area (Å²) < 4.78 is 1.67. The number of nitrogens with zero attached hydrogens (tertiary/aromatic N) is 3. The largest absolute Gasteiger partial charge is 0.335 e. The van der Waals surface area contributed by atoms with Crippen molar-refractivity contribution in [2.24, 2.45) is 13.0 Å². The number of carbonyl (C=O) groups excluding carboxylic acids is 1. The summed E-state index contributed by atoms with van der Waals surface area (Å²) >= 11 is 12.1. The van der Waals surface area contributed by atoms with Crippen molar-refractivity contribution in [3.8, 4) is 0 Å². The lowest BCUT2D eigenvalue weighted by Gasteiger charge is -2.37. The van der Waals surface area contributed by atoms with Crippen molar-refractivity contribution in [1.29, 1.82) is 0 Å². The zero-order valence-corrected chi connectivity index (χ0v) is 15.2. The summed E-state index contributed by atoms with van der Waals surface area (Å²) in [7, 11) is 1.78. The second kappa shape index (κ2) is 7.45. The van der Waals surface area contributed by atoms with Gasteiger partial charge in [0.1, 0.15) is 10.8 Å². The van der Waals surface area contributed by atoms with Crippen molar-refractivity contribution in [2.75, 3.05) is 32.7 Å². The Morgan fingerprint density at radius 2 is 1.78 bits per heavy atom. The summed E-state index contributed by atoms with van der Waals surface area (Å²) in [5.74, 6) is 0.884. The van der Waals surface area contributed by atoms with Crippen molar-refractivity contribution in [3.05, 3.63) is 21.9 Å².